The van der Waals surface area contributed by atoms with E-state index in [2.05, 4.69) is 15.6 Å². The fourth-order valence-corrected chi connectivity index (χ4v) is 4.61. The zero-order chi connectivity index (χ0) is 21.8. The van der Waals surface area contributed by atoms with E-state index in [9.17, 15) is 14.7 Å². The van der Waals surface area contributed by atoms with Crippen LogP contribution in [0, 0.1) is 0 Å². The highest BCUT2D eigenvalue weighted by atomic mass is 32.1. The molecule has 8 heteroatoms. The lowest BCUT2D eigenvalue weighted by molar-refractivity contribution is 0.0901. The van der Waals surface area contributed by atoms with Gasteiger partial charge in [-0.3, -0.25) is 9.59 Å². The second kappa shape index (κ2) is 6.95. The molecule has 0 spiro atoms. The van der Waals surface area contributed by atoms with E-state index < -0.39 is 0 Å². The van der Waals surface area contributed by atoms with Gasteiger partial charge in [0, 0.05) is 18.0 Å². The van der Waals surface area contributed by atoms with Gasteiger partial charge in [-0.2, -0.15) is 0 Å². The van der Waals surface area contributed by atoms with Gasteiger partial charge >= 0.3 is 0 Å². The lowest BCUT2D eigenvalue weighted by atomic mass is 9.94. The van der Waals surface area contributed by atoms with E-state index in [4.69, 9.17) is 4.42 Å². The molecule has 7 nitrogen and oxygen atoms in total. The molecule has 0 saturated carbocycles. The minimum absolute atomic E-state index is 0.0574. The first-order valence-corrected chi connectivity index (χ1v) is 10.5. The monoisotopic (exact) mass is 433 g/mol. The molecule has 5 rings (SSSR count). The topological polar surface area (TPSA) is 104 Å². The first kappa shape index (κ1) is 19.3. The van der Waals surface area contributed by atoms with Crippen LogP contribution in [0.1, 0.15) is 29.2 Å². The standard InChI is InChI=1S/C23H19N3O4S/c1-23(2)11-16-20(21(29)26-23)31-22(25-16)24-15-10-13(3-5-18(15)28)12-4-6-19-14(9-12)17(27)7-8-30-19/h3-10,28H,11H2,1-2H3,(H,24,25)(H,26,29). The Morgan fingerprint density at radius 1 is 1.13 bits per heavy atom. The number of carbonyl (C=O) groups excluding carboxylic acids is 1. The fourth-order valence-electron chi connectivity index (χ4n) is 3.72. The summed E-state index contributed by atoms with van der Waals surface area (Å²) in [6.45, 7) is 3.92. The van der Waals surface area contributed by atoms with E-state index in [1.165, 1.54) is 23.7 Å². The molecule has 0 fully saturated rings. The molecule has 0 unspecified atom stereocenters. The summed E-state index contributed by atoms with van der Waals surface area (Å²) in [5.41, 5.74) is 2.89. The number of nitrogens with zero attached hydrogens (tertiary/aromatic N) is 1. The molecule has 2 aromatic heterocycles. The quantitative estimate of drug-likeness (QED) is 0.413. The number of aromatic hydroxyl groups is 1. The van der Waals surface area contributed by atoms with E-state index in [1.54, 1.807) is 30.3 Å². The molecule has 3 N–H and O–H groups in total. The summed E-state index contributed by atoms with van der Waals surface area (Å²) >= 11 is 1.25. The molecule has 0 aliphatic carbocycles. The van der Waals surface area contributed by atoms with Crippen LogP contribution in [-0.2, 0) is 6.42 Å². The Kier molecular flexibility index (Phi) is 4.33. The zero-order valence-electron chi connectivity index (χ0n) is 16.9. The molecule has 0 bridgehead atoms. The number of phenolic OH excluding ortho intramolecular Hbond substituents is 1. The lowest BCUT2D eigenvalue weighted by Gasteiger charge is -2.29. The average Bonchev–Trinajstić information content (AvgIpc) is 3.11. The van der Waals surface area contributed by atoms with Crippen LogP contribution in [0.4, 0.5) is 10.8 Å². The number of nitrogens with one attached hydrogen (secondary N) is 2. The number of amides is 1. The van der Waals surface area contributed by atoms with Crippen molar-refractivity contribution in [3.8, 4) is 16.9 Å². The molecule has 1 aliphatic rings. The summed E-state index contributed by atoms with van der Waals surface area (Å²) in [5.74, 6) is -0.0771. The number of hydrogen-bond donors (Lipinski definition) is 3. The van der Waals surface area contributed by atoms with Gasteiger partial charge in [0.15, 0.2) is 10.6 Å². The van der Waals surface area contributed by atoms with E-state index in [0.29, 0.717) is 33.1 Å². The highest BCUT2D eigenvalue weighted by Gasteiger charge is 2.33. The Hall–Kier alpha value is -3.65. The fraction of sp³-hybridized carbons (Fsp3) is 0.174. The lowest BCUT2D eigenvalue weighted by Crippen LogP contribution is -2.48. The predicted molar refractivity (Wildman–Crippen MR) is 120 cm³/mol. The van der Waals surface area contributed by atoms with Gasteiger partial charge in [0.2, 0.25) is 0 Å². The Labute approximate surface area is 181 Å². The number of carbonyl (C=O) groups is 1. The van der Waals surface area contributed by atoms with Crippen LogP contribution in [0.15, 0.2) is 57.9 Å². The number of phenols is 1. The van der Waals surface area contributed by atoms with Crippen LogP contribution in [0.2, 0.25) is 0 Å². The summed E-state index contributed by atoms with van der Waals surface area (Å²) in [5, 5.41) is 17.5. The van der Waals surface area contributed by atoms with Crippen molar-refractivity contribution in [3.63, 3.8) is 0 Å². The Morgan fingerprint density at radius 3 is 2.74 bits per heavy atom. The van der Waals surface area contributed by atoms with Crippen LogP contribution in [-0.4, -0.2) is 21.5 Å². The summed E-state index contributed by atoms with van der Waals surface area (Å²) < 4.78 is 5.38. The van der Waals surface area contributed by atoms with Gasteiger partial charge < -0.3 is 20.2 Å². The molecule has 31 heavy (non-hydrogen) atoms. The number of anilines is 2. The van der Waals surface area contributed by atoms with Crippen molar-refractivity contribution < 1.29 is 14.3 Å². The van der Waals surface area contributed by atoms with Crippen LogP contribution in [0.25, 0.3) is 22.1 Å². The van der Waals surface area contributed by atoms with Crippen molar-refractivity contribution in [2.45, 2.75) is 25.8 Å². The van der Waals surface area contributed by atoms with Gasteiger partial charge in [0.25, 0.3) is 5.91 Å². The van der Waals surface area contributed by atoms with Gasteiger partial charge in [0.05, 0.1) is 23.0 Å². The SMILES string of the molecule is CC1(C)Cc2nc(Nc3cc(-c4ccc5occc(=O)c5c4)ccc3O)sc2C(=O)N1. The minimum Gasteiger partial charge on any atom is -0.506 e. The number of fused-ring (bicyclic) bond motifs is 2. The molecule has 156 valence electrons. The van der Waals surface area contributed by atoms with Crippen LogP contribution in [0.5, 0.6) is 5.75 Å². The first-order valence-electron chi connectivity index (χ1n) is 9.73. The Balaban J connectivity index is 1.50. The zero-order valence-corrected chi connectivity index (χ0v) is 17.7. The van der Waals surface area contributed by atoms with Crippen molar-refractivity contribution >= 4 is 39.0 Å². The normalized spacial score (nSPS) is 14.8. The smallest absolute Gasteiger partial charge is 0.263 e. The maximum Gasteiger partial charge on any atom is 0.263 e. The third-order valence-electron chi connectivity index (χ3n) is 5.20. The summed E-state index contributed by atoms with van der Waals surface area (Å²) in [6, 6.07) is 11.9. The third-order valence-corrected chi connectivity index (χ3v) is 6.21. The first-order chi connectivity index (χ1) is 14.8. The maximum absolute atomic E-state index is 12.4. The van der Waals surface area contributed by atoms with Gasteiger partial charge in [-0.05, 0) is 49.2 Å². The van der Waals surface area contributed by atoms with E-state index >= 15 is 0 Å². The van der Waals surface area contributed by atoms with Crippen molar-refractivity contribution in [1.29, 1.82) is 0 Å². The molecule has 3 heterocycles. The summed E-state index contributed by atoms with van der Waals surface area (Å²) in [6.07, 6.45) is 2.01. The highest BCUT2D eigenvalue weighted by Crippen LogP contribution is 2.36. The molecule has 0 saturated heterocycles. The van der Waals surface area contributed by atoms with Gasteiger partial charge in [-0.25, -0.2) is 4.98 Å². The predicted octanol–water partition coefficient (Wildman–Crippen LogP) is 4.43. The van der Waals surface area contributed by atoms with Gasteiger partial charge in [-0.15, -0.1) is 0 Å². The van der Waals surface area contributed by atoms with Crippen molar-refractivity contribution in [3.05, 3.63) is 69.5 Å². The number of hydrogen-bond acceptors (Lipinski definition) is 7. The van der Waals surface area contributed by atoms with Crippen molar-refractivity contribution in [1.82, 2.24) is 10.3 Å². The minimum atomic E-state index is -0.347. The van der Waals surface area contributed by atoms with Gasteiger partial charge in [0.1, 0.15) is 16.2 Å². The molecule has 1 aliphatic heterocycles. The average molecular weight is 433 g/mol. The van der Waals surface area contributed by atoms with Gasteiger partial charge in [-0.1, -0.05) is 23.5 Å². The Morgan fingerprint density at radius 2 is 1.90 bits per heavy atom. The second-order valence-electron chi connectivity index (χ2n) is 8.16. The number of benzene rings is 2. The Bertz CT molecular complexity index is 1400. The molecular weight excluding hydrogens is 414 g/mol. The summed E-state index contributed by atoms with van der Waals surface area (Å²) in [4.78, 5) is 29.6. The molecule has 1 amide bonds. The molecular formula is C23H19N3O4S. The maximum atomic E-state index is 12.4. The van der Waals surface area contributed by atoms with E-state index in [1.807, 2.05) is 19.9 Å². The van der Waals surface area contributed by atoms with Crippen LogP contribution in [0.3, 0.4) is 0 Å². The molecule has 2 aromatic carbocycles. The molecule has 4 aromatic rings. The highest BCUT2D eigenvalue weighted by molar-refractivity contribution is 7.17. The van der Waals surface area contributed by atoms with Crippen molar-refractivity contribution in [2.75, 3.05) is 5.32 Å². The van der Waals surface area contributed by atoms with E-state index in [0.717, 1.165) is 16.8 Å². The summed E-state index contributed by atoms with van der Waals surface area (Å²) in [7, 11) is 0. The van der Waals surface area contributed by atoms with Crippen molar-refractivity contribution in [2.24, 2.45) is 0 Å². The second-order valence-corrected chi connectivity index (χ2v) is 9.16. The van der Waals surface area contributed by atoms with E-state index in [-0.39, 0.29) is 22.6 Å². The molecule has 0 atom stereocenters. The third kappa shape index (κ3) is 3.55. The number of thiazole rings is 1. The largest absolute Gasteiger partial charge is 0.506 e. The molecule has 0 radical (unpaired) electrons. The van der Waals surface area contributed by atoms with Crippen LogP contribution >= 0.6 is 11.3 Å². The number of rotatable bonds is 3. The van der Waals surface area contributed by atoms with Crippen LogP contribution < -0.4 is 16.1 Å². The number of aromatic nitrogens is 1.